The SMILES string of the molecule is CCc1ccc(C(=O)Nc2ccc3c(c2)OCO3)o1. The highest BCUT2D eigenvalue weighted by Gasteiger charge is 2.15. The van der Waals surface area contributed by atoms with Gasteiger partial charge in [0.25, 0.3) is 5.91 Å². The van der Waals surface area contributed by atoms with E-state index in [1.165, 1.54) is 0 Å². The van der Waals surface area contributed by atoms with Crippen LogP contribution in [0.25, 0.3) is 0 Å². The van der Waals surface area contributed by atoms with Gasteiger partial charge in [-0.25, -0.2) is 0 Å². The Morgan fingerprint density at radius 1 is 1.21 bits per heavy atom. The fourth-order valence-corrected chi connectivity index (χ4v) is 1.86. The third-order valence-corrected chi connectivity index (χ3v) is 2.86. The van der Waals surface area contributed by atoms with E-state index in [0.717, 1.165) is 12.2 Å². The van der Waals surface area contributed by atoms with Gasteiger partial charge in [0.15, 0.2) is 17.3 Å². The van der Waals surface area contributed by atoms with Gasteiger partial charge in [0, 0.05) is 18.2 Å². The predicted octanol–water partition coefficient (Wildman–Crippen LogP) is 2.82. The summed E-state index contributed by atoms with van der Waals surface area (Å²) in [6.45, 7) is 2.18. The van der Waals surface area contributed by atoms with Crippen LogP contribution in [0.15, 0.2) is 34.7 Å². The minimum atomic E-state index is -0.279. The van der Waals surface area contributed by atoms with Crippen LogP contribution in [-0.4, -0.2) is 12.7 Å². The number of nitrogens with one attached hydrogen (secondary N) is 1. The number of carbonyl (C=O) groups is 1. The molecule has 1 aromatic carbocycles. The summed E-state index contributed by atoms with van der Waals surface area (Å²) in [6.07, 6.45) is 0.761. The molecule has 1 aromatic heterocycles. The Kier molecular flexibility index (Phi) is 2.87. The molecule has 0 aliphatic carbocycles. The number of ether oxygens (including phenoxy) is 2. The summed E-state index contributed by atoms with van der Waals surface area (Å²) >= 11 is 0. The van der Waals surface area contributed by atoms with Crippen molar-refractivity contribution in [1.29, 1.82) is 0 Å². The summed E-state index contributed by atoms with van der Waals surface area (Å²) in [5.41, 5.74) is 0.642. The molecule has 1 amide bonds. The van der Waals surface area contributed by atoms with E-state index >= 15 is 0 Å². The lowest BCUT2D eigenvalue weighted by molar-refractivity contribution is 0.0995. The van der Waals surface area contributed by atoms with Crippen LogP contribution < -0.4 is 14.8 Å². The normalized spacial score (nSPS) is 12.5. The second-order valence-corrected chi connectivity index (χ2v) is 4.14. The smallest absolute Gasteiger partial charge is 0.291 e. The molecule has 0 spiro atoms. The highest BCUT2D eigenvalue weighted by atomic mass is 16.7. The summed E-state index contributed by atoms with van der Waals surface area (Å²) in [7, 11) is 0. The first-order valence-electron chi connectivity index (χ1n) is 6.06. The van der Waals surface area contributed by atoms with Crippen LogP contribution in [0.3, 0.4) is 0 Å². The molecule has 0 saturated carbocycles. The Bertz CT molecular complexity index is 618. The molecule has 2 aromatic rings. The van der Waals surface area contributed by atoms with Crippen molar-refractivity contribution in [3.05, 3.63) is 41.9 Å². The molecule has 2 heterocycles. The molecule has 0 radical (unpaired) electrons. The minimum Gasteiger partial charge on any atom is -0.456 e. The highest BCUT2D eigenvalue weighted by molar-refractivity contribution is 6.02. The summed E-state index contributed by atoms with van der Waals surface area (Å²) in [6, 6.07) is 8.71. The molecule has 0 unspecified atom stereocenters. The molecule has 0 bridgehead atoms. The maximum Gasteiger partial charge on any atom is 0.291 e. The molecule has 5 nitrogen and oxygen atoms in total. The largest absolute Gasteiger partial charge is 0.456 e. The predicted molar refractivity (Wildman–Crippen MR) is 68.6 cm³/mol. The van der Waals surface area contributed by atoms with Gasteiger partial charge in [-0.1, -0.05) is 6.92 Å². The Morgan fingerprint density at radius 3 is 2.84 bits per heavy atom. The lowest BCUT2D eigenvalue weighted by atomic mass is 10.2. The maximum atomic E-state index is 12.0. The van der Waals surface area contributed by atoms with E-state index in [1.54, 1.807) is 30.3 Å². The Morgan fingerprint density at radius 2 is 2.05 bits per heavy atom. The Labute approximate surface area is 110 Å². The zero-order valence-corrected chi connectivity index (χ0v) is 10.4. The van der Waals surface area contributed by atoms with Crippen LogP contribution >= 0.6 is 0 Å². The van der Waals surface area contributed by atoms with E-state index in [-0.39, 0.29) is 12.7 Å². The molecule has 1 aliphatic rings. The third-order valence-electron chi connectivity index (χ3n) is 2.86. The topological polar surface area (TPSA) is 60.7 Å². The molecule has 1 N–H and O–H groups in total. The van der Waals surface area contributed by atoms with Crippen molar-refractivity contribution in [3.63, 3.8) is 0 Å². The summed E-state index contributed by atoms with van der Waals surface area (Å²) in [5.74, 6) is 2.12. The number of aryl methyl sites for hydroxylation is 1. The van der Waals surface area contributed by atoms with Gasteiger partial charge < -0.3 is 19.2 Å². The van der Waals surface area contributed by atoms with E-state index in [0.29, 0.717) is 22.9 Å². The Balaban J connectivity index is 1.75. The van der Waals surface area contributed by atoms with E-state index in [4.69, 9.17) is 13.9 Å². The maximum absolute atomic E-state index is 12.0. The van der Waals surface area contributed by atoms with Crippen molar-refractivity contribution in [2.75, 3.05) is 12.1 Å². The van der Waals surface area contributed by atoms with Gasteiger partial charge >= 0.3 is 0 Å². The Hall–Kier alpha value is -2.43. The molecule has 0 saturated heterocycles. The van der Waals surface area contributed by atoms with Gasteiger partial charge in [-0.2, -0.15) is 0 Å². The fraction of sp³-hybridized carbons (Fsp3) is 0.214. The molecule has 98 valence electrons. The van der Waals surface area contributed by atoms with Crippen molar-refractivity contribution in [3.8, 4) is 11.5 Å². The number of rotatable bonds is 3. The monoisotopic (exact) mass is 259 g/mol. The van der Waals surface area contributed by atoms with Crippen molar-refractivity contribution in [1.82, 2.24) is 0 Å². The van der Waals surface area contributed by atoms with E-state index in [9.17, 15) is 4.79 Å². The molecule has 1 aliphatic heterocycles. The number of hydrogen-bond acceptors (Lipinski definition) is 4. The average Bonchev–Trinajstić information content (AvgIpc) is 3.06. The first kappa shape index (κ1) is 11.6. The summed E-state index contributed by atoms with van der Waals surface area (Å²) in [5, 5.41) is 2.76. The molecule has 0 fully saturated rings. The quantitative estimate of drug-likeness (QED) is 0.920. The van der Waals surface area contributed by atoms with Gasteiger partial charge in [0.2, 0.25) is 6.79 Å². The second-order valence-electron chi connectivity index (χ2n) is 4.14. The van der Waals surface area contributed by atoms with Crippen molar-refractivity contribution in [2.24, 2.45) is 0 Å². The zero-order valence-electron chi connectivity index (χ0n) is 10.4. The van der Waals surface area contributed by atoms with Crippen LogP contribution in [0.2, 0.25) is 0 Å². The molecule has 19 heavy (non-hydrogen) atoms. The number of benzene rings is 1. The number of furan rings is 1. The number of hydrogen-bond donors (Lipinski definition) is 1. The first-order valence-corrected chi connectivity index (χ1v) is 6.06. The summed E-state index contributed by atoms with van der Waals surface area (Å²) < 4.78 is 15.8. The summed E-state index contributed by atoms with van der Waals surface area (Å²) in [4.78, 5) is 12.0. The number of amides is 1. The highest BCUT2D eigenvalue weighted by Crippen LogP contribution is 2.34. The van der Waals surface area contributed by atoms with E-state index in [2.05, 4.69) is 5.32 Å². The van der Waals surface area contributed by atoms with Crippen LogP contribution in [0.4, 0.5) is 5.69 Å². The fourth-order valence-electron chi connectivity index (χ4n) is 1.86. The second kappa shape index (κ2) is 4.68. The van der Waals surface area contributed by atoms with E-state index in [1.807, 2.05) is 6.92 Å². The number of carbonyl (C=O) groups excluding carboxylic acids is 1. The third kappa shape index (κ3) is 2.27. The van der Waals surface area contributed by atoms with Crippen molar-refractivity contribution in [2.45, 2.75) is 13.3 Å². The van der Waals surface area contributed by atoms with Gasteiger partial charge in [-0.3, -0.25) is 4.79 Å². The first-order chi connectivity index (χ1) is 9.26. The standard InChI is InChI=1S/C14H13NO4/c1-2-10-4-6-12(19-10)14(16)15-9-3-5-11-13(7-9)18-8-17-11/h3-7H,2,8H2,1H3,(H,15,16). The van der Waals surface area contributed by atoms with Crippen LogP contribution in [-0.2, 0) is 6.42 Å². The van der Waals surface area contributed by atoms with Gasteiger partial charge in [-0.05, 0) is 24.3 Å². The van der Waals surface area contributed by atoms with E-state index < -0.39 is 0 Å². The van der Waals surface area contributed by atoms with Crippen molar-refractivity contribution >= 4 is 11.6 Å². The van der Waals surface area contributed by atoms with Gasteiger partial charge in [-0.15, -0.1) is 0 Å². The zero-order chi connectivity index (χ0) is 13.2. The molecule has 0 atom stereocenters. The average molecular weight is 259 g/mol. The van der Waals surface area contributed by atoms with Crippen molar-refractivity contribution < 1.29 is 18.7 Å². The number of anilines is 1. The van der Waals surface area contributed by atoms with Crippen LogP contribution in [0.1, 0.15) is 23.2 Å². The van der Waals surface area contributed by atoms with Crippen LogP contribution in [0, 0.1) is 0 Å². The molecule has 3 rings (SSSR count). The molecule has 5 heteroatoms. The lowest BCUT2D eigenvalue weighted by Gasteiger charge is -2.04. The lowest BCUT2D eigenvalue weighted by Crippen LogP contribution is -2.10. The number of fused-ring (bicyclic) bond motifs is 1. The minimum absolute atomic E-state index is 0.213. The van der Waals surface area contributed by atoms with Crippen LogP contribution in [0.5, 0.6) is 11.5 Å². The molecular weight excluding hydrogens is 246 g/mol. The molecular formula is C14H13NO4. The van der Waals surface area contributed by atoms with Gasteiger partial charge in [0.1, 0.15) is 5.76 Å². The van der Waals surface area contributed by atoms with Gasteiger partial charge in [0.05, 0.1) is 0 Å².